The minimum Gasteiger partial charge on any atom is -0.503 e. The molecule has 0 radical (unpaired) electrons. The summed E-state index contributed by atoms with van der Waals surface area (Å²) in [5, 5.41) is 12.9. The van der Waals surface area contributed by atoms with Crippen molar-refractivity contribution in [3.05, 3.63) is 27.7 Å². The van der Waals surface area contributed by atoms with Gasteiger partial charge in [0.25, 0.3) is 5.91 Å². The van der Waals surface area contributed by atoms with Crippen LogP contribution in [0.3, 0.4) is 0 Å². The number of aromatic hydroxyl groups is 1. The Hall–Kier alpha value is -2.31. The molecule has 0 aliphatic carbocycles. The van der Waals surface area contributed by atoms with Crippen LogP contribution in [0.5, 0.6) is 5.75 Å². The molecule has 0 saturated heterocycles. The smallest absolute Gasteiger partial charge is 0.274 e. The lowest BCUT2D eigenvalue weighted by atomic mass is 10.1. The summed E-state index contributed by atoms with van der Waals surface area (Å²) in [4.78, 5) is 38.2. The fourth-order valence-corrected chi connectivity index (χ4v) is 3.06. The van der Waals surface area contributed by atoms with Crippen molar-refractivity contribution in [1.82, 2.24) is 14.8 Å². The van der Waals surface area contributed by atoms with E-state index in [1.807, 2.05) is 13.8 Å². The van der Waals surface area contributed by atoms with Crippen LogP contribution in [0.25, 0.3) is 0 Å². The van der Waals surface area contributed by atoms with Gasteiger partial charge < -0.3 is 19.9 Å². The third-order valence-electron chi connectivity index (χ3n) is 4.50. The molecular formula is C18H27N3O4. The standard InChI is InChI=1S/C18H27N3O4/c1-4-5-6-7-15(23)19-11-13-10-14(22)17(24)16-18(25)20(12(2)3)8-9-21(13)16/h10,12,24H,4-9,11H2,1-3H3,(H,19,23). The van der Waals surface area contributed by atoms with Crippen LogP contribution in [0.4, 0.5) is 0 Å². The van der Waals surface area contributed by atoms with Crippen LogP contribution < -0.4 is 10.7 Å². The van der Waals surface area contributed by atoms with E-state index >= 15 is 0 Å². The molecule has 0 saturated carbocycles. The van der Waals surface area contributed by atoms with Gasteiger partial charge in [0.2, 0.25) is 11.3 Å². The summed E-state index contributed by atoms with van der Waals surface area (Å²) in [5.41, 5.74) is -0.0403. The molecule has 2 amide bonds. The highest BCUT2D eigenvalue weighted by molar-refractivity contribution is 5.96. The Labute approximate surface area is 147 Å². The number of hydrogen-bond donors (Lipinski definition) is 2. The zero-order chi connectivity index (χ0) is 18.6. The first-order chi connectivity index (χ1) is 11.9. The first-order valence-corrected chi connectivity index (χ1v) is 8.90. The first-order valence-electron chi connectivity index (χ1n) is 8.90. The summed E-state index contributed by atoms with van der Waals surface area (Å²) in [6, 6.07) is 1.28. The maximum Gasteiger partial charge on any atom is 0.274 e. The Morgan fingerprint density at radius 1 is 1.28 bits per heavy atom. The van der Waals surface area contributed by atoms with Crippen molar-refractivity contribution in [2.75, 3.05) is 6.54 Å². The fraction of sp³-hybridized carbons (Fsp3) is 0.611. The molecule has 1 aliphatic heterocycles. The number of amides is 2. The van der Waals surface area contributed by atoms with Gasteiger partial charge in [0.1, 0.15) is 0 Å². The number of pyridine rings is 1. The van der Waals surface area contributed by atoms with Crippen LogP contribution in [0.1, 0.15) is 62.6 Å². The van der Waals surface area contributed by atoms with Gasteiger partial charge in [-0.15, -0.1) is 0 Å². The molecule has 2 N–H and O–H groups in total. The number of carbonyl (C=O) groups excluding carboxylic acids is 2. The fourth-order valence-electron chi connectivity index (χ4n) is 3.06. The van der Waals surface area contributed by atoms with E-state index in [0.717, 1.165) is 19.3 Å². The highest BCUT2D eigenvalue weighted by atomic mass is 16.3. The minimum atomic E-state index is -0.597. The molecule has 7 heteroatoms. The summed E-state index contributed by atoms with van der Waals surface area (Å²) >= 11 is 0. The molecule has 1 aliphatic rings. The second kappa shape index (κ2) is 8.18. The van der Waals surface area contributed by atoms with E-state index < -0.39 is 11.2 Å². The van der Waals surface area contributed by atoms with E-state index in [1.165, 1.54) is 6.07 Å². The Morgan fingerprint density at radius 2 is 2.00 bits per heavy atom. The van der Waals surface area contributed by atoms with Gasteiger partial charge in [-0.05, 0) is 20.3 Å². The zero-order valence-electron chi connectivity index (χ0n) is 15.2. The number of nitrogens with zero attached hydrogens (tertiary/aromatic N) is 2. The Morgan fingerprint density at radius 3 is 2.64 bits per heavy atom. The number of unbranched alkanes of at least 4 members (excludes halogenated alkanes) is 2. The first kappa shape index (κ1) is 19.0. The van der Waals surface area contributed by atoms with Crippen molar-refractivity contribution in [2.24, 2.45) is 0 Å². The SMILES string of the molecule is CCCCCC(=O)NCc1cc(=O)c(O)c2n1CCN(C(C)C)C2=O. The van der Waals surface area contributed by atoms with Crippen molar-refractivity contribution < 1.29 is 14.7 Å². The summed E-state index contributed by atoms with van der Waals surface area (Å²) < 4.78 is 1.64. The van der Waals surface area contributed by atoms with Gasteiger partial charge in [-0.3, -0.25) is 14.4 Å². The largest absolute Gasteiger partial charge is 0.503 e. The molecule has 1 aromatic rings. The number of aromatic nitrogens is 1. The molecule has 0 atom stereocenters. The minimum absolute atomic E-state index is 0.0160. The van der Waals surface area contributed by atoms with Gasteiger partial charge in [-0.25, -0.2) is 0 Å². The van der Waals surface area contributed by atoms with E-state index in [1.54, 1.807) is 9.47 Å². The number of nitrogens with one attached hydrogen (secondary N) is 1. The third kappa shape index (κ3) is 4.21. The number of hydrogen-bond acceptors (Lipinski definition) is 4. The quantitative estimate of drug-likeness (QED) is 0.732. The Balaban J connectivity index is 2.22. The lowest BCUT2D eigenvalue weighted by Crippen LogP contribution is -2.46. The van der Waals surface area contributed by atoms with Gasteiger partial charge in [0, 0.05) is 37.3 Å². The van der Waals surface area contributed by atoms with Crippen molar-refractivity contribution >= 4 is 11.8 Å². The maximum absolute atomic E-state index is 12.6. The van der Waals surface area contributed by atoms with Crippen molar-refractivity contribution in [1.29, 1.82) is 0 Å². The van der Waals surface area contributed by atoms with Crippen molar-refractivity contribution in [3.63, 3.8) is 0 Å². The van der Waals surface area contributed by atoms with Gasteiger partial charge in [-0.2, -0.15) is 0 Å². The molecule has 0 aromatic carbocycles. The van der Waals surface area contributed by atoms with E-state index in [9.17, 15) is 19.5 Å². The molecule has 1 aromatic heterocycles. The molecule has 2 rings (SSSR count). The van der Waals surface area contributed by atoms with Gasteiger partial charge in [-0.1, -0.05) is 19.8 Å². The van der Waals surface area contributed by atoms with Gasteiger partial charge in [0.05, 0.1) is 6.54 Å². The number of carbonyl (C=O) groups is 2. The predicted molar refractivity (Wildman–Crippen MR) is 94.5 cm³/mol. The van der Waals surface area contributed by atoms with Crippen molar-refractivity contribution in [2.45, 2.75) is 65.6 Å². The highest BCUT2D eigenvalue weighted by Gasteiger charge is 2.31. The summed E-state index contributed by atoms with van der Waals surface area (Å²) in [6.45, 7) is 7.01. The van der Waals surface area contributed by atoms with Crippen LogP contribution in [0.2, 0.25) is 0 Å². The van der Waals surface area contributed by atoms with Crippen LogP contribution in [-0.2, 0) is 17.9 Å². The van der Waals surface area contributed by atoms with E-state index in [-0.39, 0.29) is 30.1 Å². The second-order valence-electron chi connectivity index (χ2n) is 6.67. The normalized spacial score (nSPS) is 13.9. The molecule has 138 valence electrons. The van der Waals surface area contributed by atoms with Crippen LogP contribution in [-0.4, -0.2) is 39.0 Å². The molecule has 0 unspecified atom stereocenters. The lowest BCUT2D eigenvalue weighted by Gasteiger charge is -2.34. The number of rotatable bonds is 7. The molecule has 7 nitrogen and oxygen atoms in total. The highest BCUT2D eigenvalue weighted by Crippen LogP contribution is 2.22. The van der Waals surface area contributed by atoms with Crippen LogP contribution in [0.15, 0.2) is 10.9 Å². The lowest BCUT2D eigenvalue weighted by molar-refractivity contribution is -0.121. The monoisotopic (exact) mass is 349 g/mol. The Kier molecular flexibility index (Phi) is 6.22. The molecular weight excluding hydrogens is 322 g/mol. The molecule has 25 heavy (non-hydrogen) atoms. The second-order valence-corrected chi connectivity index (χ2v) is 6.67. The zero-order valence-corrected chi connectivity index (χ0v) is 15.2. The average Bonchev–Trinajstić information content (AvgIpc) is 2.56. The van der Waals surface area contributed by atoms with E-state index in [0.29, 0.717) is 25.2 Å². The predicted octanol–water partition coefficient (Wildman–Crippen LogP) is 1.61. The van der Waals surface area contributed by atoms with E-state index in [4.69, 9.17) is 0 Å². The number of fused-ring (bicyclic) bond motifs is 1. The average molecular weight is 349 g/mol. The molecule has 0 bridgehead atoms. The topological polar surface area (TPSA) is 91.6 Å². The summed E-state index contributed by atoms with van der Waals surface area (Å²) in [7, 11) is 0. The van der Waals surface area contributed by atoms with Crippen LogP contribution in [0, 0.1) is 0 Å². The summed E-state index contributed by atoms with van der Waals surface area (Å²) in [5.74, 6) is -0.949. The van der Waals surface area contributed by atoms with E-state index in [2.05, 4.69) is 12.2 Å². The van der Waals surface area contributed by atoms with Crippen LogP contribution >= 0.6 is 0 Å². The van der Waals surface area contributed by atoms with Crippen molar-refractivity contribution in [3.8, 4) is 5.75 Å². The van der Waals surface area contributed by atoms with Gasteiger partial charge >= 0.3 is 0 Å². The third-order valence-corrected chi connectivity index (χ3v) is 4.50. The maximum atomic E-state index is 12.6. The molecule has 0 spiro atoms. The Bertz CT molecular complexity index is 709. The summed E-state index contributed by atoms with van der Waals surface area (Å²) in [6.07, 6.45) is 3.32. The molecule has 0 fully saturated rings. The van der Waals surface area contributed by atoms with Gasteiger partial charge in [0.15, 0.2) is 11.4 Å². The molecule has 2 heterocycles.